The van der Waals surface area contributed by atoms with E-state index in [-0.39, 0.29) is 5.75 Å². The molecule has 0 spiro atoms. The van der Waals surface area contributed by atoms with Gasteiger partial charge in [0.05, 0.1) is 5.75 Å². The second-order valence-electron chi connectivity index (χ2n) is 5.74. The fourth-order valence-electron chi connectivity index (χ4n) is 3.55. The Balaban J connectivity index is 1.97. The van der Waals surface area contributed by atoms with Crippen molar-refractivity contribution < 1.29 is 18.3 Å². The highest BCUT2D eigenvalue weighted by Crippen LogP contribution is 2.39. The molecule has 20 heavy (non-hydrogen) atoms. The molecule has 3 unspecified atom stereocenters. The Morgan fingerprint density at radius 3 is 2.70 bits per heavy atom. The molecule has 0 bridgehead atoms. The molecule has 1 aliphatic heterocycles. The topological polar surface area (TPSA) is 86.7 Å². The molecular formula is C13H24N2O4S. The van der Waals surface area contributed by atoms with Crippen LogP contribution < -0.4 is 4.72 Å². The summed E-state index contributed by atoms with van der Waals surface area (Å²) in [6.07, 6.45) is 5.18. The highest BCUT2D eigenvalue weighted by molar-refractivity contribution is 7.89. The molecule has 2 N–H and O–H groups in total. The standard InChI is InChI=1S/C13H24N2O4S/c1-2-20(18,19)14-7-8-15-11-6-4-3-5-10(11)9-12(15)13(16)17/h10-12,14H,2-9H2,1H3,(H,16,17). The van der Waals surface area contributed by atoms with E-state index in [1.807, 2.05) is 4.90 Å². The third-order valence-electron chi connectivity index (χ3n) is 4.58. The number of nitrogens with one attached hydrogen (secondary N) is 1. The first kappa shape index (κ1) is 15.7. The maximum Gasteiger partial charge on any atom is 0.320 e. The van der Waals surface area contributed by atoms with Crippen LogP contribution in [0.5, 0.6) is 0 Å². The summed E-state index contributed by atoms with van der Waals surface area (Å²) in [5.74, 6) is -0.258. The largest absolute Gasteiger partial charge is 0.480 e. The fourth-order valence-corrected chi connectivity index (χ4v) is 4.16. The van der Waals surface area contributed by atoms with Crippen molar-refractivity contribution >= 4 is 16.0 Å². The van der Waals surface area contributed by atoms with Gasteiger partial charge in [0.1, 0.15) is 6.04 Å². The summed E-state index contributed by atoms with van der Waals surface area (Å²) in [5.41, 5.74) is 0. The van der Waals surface area contributed by atoms with Gasteiger partial charge in [-0.05, 0) is 32.1 Å². The van der Waals surface area contributed by atoms with E-state index in [2.05, 4.69) is 4.72 Å². The first-order chi connectivity index (χ1) is 9.44. The van der Waals surface area contributed by atoms with Crippen LogP contribution in [0.4, 0.5) is 0 Å². The Kier molecular flexibility index (Phi) is 5.04. The van der Waals surface area contributed by atoms with Crippen molar-refractivity contribution in [2.45, 2.75) is 51.1 Å². The summed E-state index contributed by atoms with van der Waals surface area (Å²) in [6, 6.07) is -0.134. The van der Waals surface area contributed by atoms with Crippen molar-refractivity contribution in [1.29, 1.82) is 0 Å². The molecule has 0 radical (unpaired) electrons. The number of rotatable bonds is 6. The maximum absolute atomic E-state index is 11.4. The van der Waals surface area contributed by atoms with Gasteiger partial charge in [-0.15, -0.1) is 0 Å². The highest BCUT2D eigenvalue weighted by atomic mass is 32.2. The fraction of sp³-hybridized carbons (Fsp3) is 0.923. The van der Waals surface area contributed by atoms with E-state index < -0.39 is 22.0 Å². The van der Waals surface area contributed by atoms with E-state index in [1.54, 1.807) is 6.92 Å². The van der Waals surface area contributed by atoms with E-state index >= 15 is 0 Å². The van der Waals surface area contributed by atoms with Gasteiger partial charge in [-0.3, -0.25) is 9.69 Å². The predicted molar refractivity (Wildman–Crippen MR) is 76.0 cm³/mol. The summed E-state index contributed by atoms with van der Waals surface area (Å²) >= 11 is 0. The lowest BCUT2D eigenvalue weighted by molar-refractivity contribution is -0.142. The van der Waals surface area contributed by atoms with E-state index in [9.17, 15) is 18.3 Å². The van der Waals surface area contributed by atoms with Gasteiger partial charge in [0.15, 0.2) is 0 Å². The Bertz CT molecular complexity index is 451. The monoisotopic (exact) mass is 304 g/mol. The van der Waals surface area contributed by atoms with E-state index in [1.165, 1.54) is 6.42 Å². The van der Waals surface area contributed by atoms with Gasteiger partial charge in [-0.1, -0.05) is 12.8 Å². The van der Waals surface area contributed by atoms with Crippen molar-refractivity contribution in [3.05, 3.63) is 0 Å². The molecule has 1 aliphatic carbocycles. The number of aliphatic carboxylic acids is 1. The zero-order valence-electron chi connectivity index (χ0n) is 11.9. The molecule has 0 amide bonds. The van der Waals surface area contributed by atoms with Crippen molar-refractivity contribution in [3.8, 4) is 0 Å². The summed E-state index contributed by atoms with van der Waals surface area (Å²) in [7, 11) is -3.20. The second-order valence-corrected chi connectivity index (χ2v) is 7.83. The van der Waals surface area contributed by atoms with Gasteiger partial charge in [0.25, 0.3) is 0 Å². The number of hydrogen-bond acceptors (Lipinski definition) is 4. The minimum absolute atomic E-state index is 0.0570. The summed E-state index contributed by atoms with van der Waals surface area (Å²) in [4.78, 5) is 13.4. The maximum atomic E-state index is 11.4. The number of hydrogen-bond donors (Lipinski definition) is 2. The van der Waals surface area contributed by atoms with Crippen molar-refractivity contribution in [2.75, 3.05) is 18.8 Å². The number of nitrogens with zero attached hydrogens (tertiary/aromatic N) is 1. The van der Waals surface area contributed by atoms with Crippen molar-refractivity contribution in [1.82, 2.24) is 9.62 Å². The van der Waals surface area contributed by atoms with Crippen molar-refractivity contribution in [3.63, 3.8) is 0 Å². The zero-order chi connectivity index (χ0) is 14.8. The number of carboxylic acid groups (broad SMARTS) is 1. The molecule has 2 aliphatic rings. The minimum Gasteiger partial charge on any atom is -0.480 e. The van der Waals surface area contributed by atoms with Gasteiger partial charge in [-0.25, -0.2) is 13.1 Å². The molecule has 1 heterocycles. The molecule has 1 saturated heterocycles. The van der Waals surface area contributed by atoms with E-state index in [0.717, 1.165) is 19.3 Å². The van der Waals surface area contributed by atoms with Crippen LogP contribution in [-0.2, 0) is 14.8 Å². The van der Waals surface area contributed by atoms with Crippen LogP contribution >= 0.6 is 0 Å². The second kappa shape index (κ2) is 6.41. The average Bonchev–Trinajstić information content (AvgIpc) is 2.78. The predicted octanol–water partition coefficient (Wildman–Crippen LogP) is 0.643. The zero-order valence-corrected chi connectivity index (χ0v) is 12.7. The van der Waals surface area contributed by atoms with Gasteiger partial charge < -0.3 is 5.11 Å². The first-order valence-corrected chi connectivity index (χ1v) is 9.05. The van der Waals surface area contributed by atoms with Crippen LogP contribution in [0.25, 0.3) is 0 Å². The van der Waals surface area contributed by atoms with Crippen molar-refractivity contribution in [2.24, 2.45) is 5.92 Å². The van der Waals surface area contributed by atoms with E-state index in [0.29, 0.717) is 31.5 Å². The molecule has 0 aromatic rings. The van der Waals surface area contributed by atoms with Crippen LogP contribution in [-0.4, -0.2) is 55.3 Å². The molecule has 6 nitrogen and oxygen atoms in total. The molecule has 116 valence electrons. The molecule has 2 rings (SSSR count). The van der Waals surface area contributed by atoms with Crippen LogP contribution in [0.1, 0.15) is 39.0 Å². The van der Waals surface area contributed by atoms with Gasteiger partial charge in [0, 0.05) is 19.1 Å². The van der Waals surface area contributed by atoms with Crippen LogP contribution in [0, 0.1) is 5.92 Å². The van der Waals surface area contributed by atoms with Gasteiger partial charge >= 0.3 is 5.97 Å². The SMILES string of the molecule is CCS(=O)(=O)NCCN1C(C(=O)O)CC2CCCCC21. The average molecular weight is 304 g/mol. The summed E-state index contributed by atoms with van der Waals surface area (Å²) in [6.45, 7) is 2.37. The Morgan fingerprint density at radius 2 is 2.05 bits per heavy atom. The van der Waals surface area contributed by atoms with Crippen LogP contribution in [0.15, 0.2) is 0 Å². The molecule has 0 aromatic heterocycles. The van der Waals surface area contributed by atoms with E-state index in [4.69, 9.17) is 0 Å². The third-order valence-corrected chi connectivity index (χ3v) is 5.98. The highest BCUT2D eigenvalue weighted by Gasteiger charge is 2.44. The minimum atomic E-state index is -3.20. The smallest absolute Gasteiger partial charge is 0.320 e. The summed E-state index contributed by atoms with van der Waals surface area (Å²) in [5, 5.41) is 9.36. The Hall–Kier alpha value is -0.660. The molecule has 0 aromatic carbocycles. The van der Waals surface area contributed by atoms with Crippen LogP contribution in [0.2, 0.25) is 0 Å². The normalized spacial score (nSPS) is 31.1. The lowest BCUT2D eigenvalue weighted by Crippen LogP contribution is -2.46. The van der Waals surface area contributed by atoms with Gasteiger partial charge in [-0.2, -0.15) is 0 Å². The Morgan fingerprint density at radius 1 is 1.35 bits per heavy atom. The van der Waals surface area contributed by atoms with Crippen LogP contribution in [0.3, 0.4) is 0 Å². The molecule has 7 heteroatoms. The Labute approximate surface area is 120 Å². The molecule has 2 fully saturated rings. The molecule has 1 saturated carbocycles. The quantitative estimate of drug-likeness (QED) is 0.752. The number of sulfonamides is 1. The lowest BCUT2D eigenvalue weighted by atomic mass is 9.85. The summed E-state index contributed by atoms with van der Waals surface area (Å²) < 4.78 is 25.4. The third kappa shape index (κ3) is 3.51. The van der Waals surface area contributed by atoms with Gasteiger partial charge in [0.2, 0.25) is 10.0 Å². The number of carboxylic acids is 1. The first-order valence-electron chi connectivity index (χ1n) is 7.40. The molecule has 3 atom stereocenters. The number of carbonyl (C=O) groups is 1. The number of fused-ring (bicyclic) bond motifs is 1. The number of likely N-dealkylation sites (tertiary alicyclic amines) is 1. The molecular weight excluding hydrogens is 280 g/mol. The lowest BCUT2D eigenvalue weighted by Gasteiger charge is -2.32.